The van der Waals surface area contributed by atoms with Crippen molar-refractivity contribution in [2.75, 3.05) is 23.8 Å². The molecular weight excluding hydrogens is 390 g/mol. The third-order valence-electron chi connectivity index (χ3n) is 4.17. The van der Waals surface area contributed by atoms with E-state index in [0.717, 1.165) is 12.3 Å². The molecule has 2 N–H and O–H groups in total. The molecule has 4 rings (SSSR count). The van der Waals surface area contributed by atoms with E-state index in [1.165, 1.54) is 24.4 Å². The van der Waals surface area contributed by atoms with Crippen LogP contribution in [0, 0.1) is 5.82 Å². The first-order valence-electron chi connectivity index (χ1n) is 8.66. The number of rotatable bonds is 5. The maximum Gasteiger partial charge on any atom is 0.417 e. The first-order chi connectivity index (χ1) is 13.9. The second-order valence-electron chi connectivity index (χ2n) is 6.41. The number of anilines is 3. The summed E-state index contributed by atoms with van der Waals surface area (Å²) in [6.45, 7) is 0.999. The number of ether oxygens (including phenoxy) is 1. The number of aromatic nitrogens is 3. The van der Waals surface area contributed by atoms with E-state index in [1.54, 1.807) is 12.1 Å². The fourth-order valence-corrected chi connectivity index (χ4v) is 2.69. The highest BCUT2D eigenvalue weighted by molar-refractivity contribution is 5.65. The van der Waals surface area contributed by atoms with E-state index >= 15 is 0 Å². The molecule has 29 heavy (non-hydrogen) atoms. The van der Waals surface area contributed by atoms with Crippen LogP contribution in [0.1, 0.15) is 5.56 Å². The largest absolute Gasteiger partial charge is 0.417 e. The topological polar surface area (TPSA) is 72.0 Å². The maximum atomic E-state index is 14.2. The molecule has 3 aromatic rings. The van der Waals surface area contributed by atoms with E-state index in [-0.39, 0.29) is 28.9 Å². The molecule has 0 bridgehead atoms. The summed E-state index contributed by atoms with van der Waals surface area (Å²) in [6.07, 6.45) is -2.54. The van der Waals surface area contributed by atoms with Gasteiger partial charge in [0.15, 0.2) is 5.82 Å². The van der Waals surface area contributed by atoms with Crippen LogP contribution in [0.25, 0.3) is 11.4 Å². The van der Waals surface area contributed by atoms with E-state index < -0.39 is 17.6 Å². The smallest absolute Gasteiger partial charge is 0.377 e. The van der Waals surface area contributed by atoms with E-state index in [2.05, 4.69) is 25.6 Å². The molecule has 3 heterocycles. The van der Waals surface area contributed by atoms with Crippen molar-refractivity contribution in [2.45, 2.75) is 12.2 Å². The number of alkyl halides is 3. The van der Waals surface area contributed by atoms with Crippen molar-refractivity contribution in [3.05, 3.63) is 60.2 Å². The lowest BCUT2D eigenvalue weighted by Crippen LogP contribution is -2.40. The lowest BCUT2D eigenvalue weighted by molar-refractivity contribution is -0.137. The lowest BCUT2D eigenvalue weighted by Gasteiger charge is -2.27. The number of nitrogens with one attached hydrogen (secondary N) is 2. The van der Waals surface area contributed by atoms with Gasteiger partial charge in [-0.2, -0.15) is 13.2 Å². The minimum absolute atomic E-state index is 0.0430. The van der Waals surface area contributed by atoms with Crippen molar-refractivity contribution in [2.24, 2.45) is 0 Å². The molecule has 0 aliphatic carbocycles. The van der Waals surface area contributed by atoms with Gasteiger partial charge in [0.2, 0.25) is 0 Å². The van der Waals surface area contributed by atoms with Gasteiger partial charge in [0.05, 0.1) is 42.3 Å². The van der Waals surface area contributed by atoms with Crippen molar-refractivity contribution in [3.63, 3.8) is 0 Å². The van der Waals surface area contributed by atoms with E-state index in [1.807, 2.05) is 0 Å². The first kappa shape index (κ1) is 19.1. The molecule has 1 saturated heterocycles. The summed E-state index contributed by atoms with van der Waals surface area (Å²) in [4.78, 5) is 12.2. The Labute approximate surface area is 163 Å². The molecule has 0 spiro atoms. The summed E-state index contributed by atoms with van der Waals surface area (Å²) >= 11 is 0. The van der Waals surface area contributed by atoms with Gasteiger partial charge in [-0.1, -0.05) is 12.1 Å². The number of hydrogen-bond donors (Lipinski definition) is 2. The SMILES string of the molecule is Fc1ccccc1-c1nc(Nc2cncc(C(F)(F)F)c2)cc(NC2COC2)n1. The highest BCUT2D eigenvalue weighted by Gasteiger charge is 2.31. The summed E-state index contributed by atoms with van der Waals surface area (Å²) < 4.78 is 58.1. The van der Waals surface area contributed by atoms with Crippen LogP contribution in [0.15, 0.2) is 48.8 Å². The van der Waals surface area contributed by atoms with Crippen LogP contribution in [0.4, 0.5) is 34.9 Å². The lowest BCUT2D eigenvalue weighted by atomic mass is 10.2. The zero-order valence-corrected chi connectivity index (χ0v) is 14.9. The van der Waals surface area contributed by atoms with Crippen LogP contribution < -0.4 is 10.6 Å². The number of nitrogens with zero attached hydrogens (tertiary/aromatic N) is 3. The zero-order chi connectivity index (χ0) is 20.4. The summed E-state index contributed by atoms with van der Waals surface area (Å²) in [5.74, 6) is 0.176. The highest BCUT2D eigenvalue weighted by Crippen LogP contribution is 2.31. The Bertz CT molecular complexity index is 1020. The third-order valence-corrected chi connectivity index (χ3v) is 4.17. The van der Waals surface area contributed by atoms with Crippen LogP contribution >= 0.6 is 0 Å². The summed E-state index contributed by atoms with van der Waals surface area (Å²) in [7, 11) is 0. The molecule has 0 atom stereocenters. The molecule has 0 unspecified atom stereocenters. The Balaban J connectivity index is 1.69. The Hall–Kier alpha value is -3.27. The van der Waals surface area contributed by atoms with Crippen molar-refractivity contribution in [1.29, 1.82) is 0 Å². The van der Waals surface area contributed by atoms with Gasteiger partial charge >= 0.3 is 6.18 Å². The molecule has 1 aliphatic heterocycles. The average Bonchev–Trinajstić information content (AvgIpc) is 2.64. The van der Waals surface area contributed by atoms with Gasteiger partial charge in [0.25, 0.3) is 0 Å². The third kappa shape index (κ3) is 4.43. The number of halogens is 4. The molecule has 2 aromatic heterocycles. The van der Waals surface area contributed by atoms with Crippen molar-refractivity contribution >= 4 is 17.3 Å². The monoisotopic (exact) mass is 405 g/mol. The quantitative estimate of drug-likeness (QED) is 0.619. The summed E-state index contributed by atoms with van der Waals surface area (Å²) in [5, 5.41) is 5.92. The highest BCUT2D eigenvalue weighted by atomic mass is 19.4. The Morgan fingerprint density at radius 2 is 1.76 bits per heavy atom. The van der Waals surface area contributed by atoms with E-state index in [0.29, 0.717) is 19.0 Å². The zero-order valence-electron chi connectivity index (χ0n) is 14.9. The number of benzene rings is 1. The number of hydrogen-bond acceptors (Lipinski definition) is 6. The molecule has 0 radical (unpaired) electrons. The summed E-state index contributed by atoms with van der Waals surface area (Å²) in [5.41, 5.74) is -0.627. The van der Waals surface area contributed by atoms with Crippen LogP contribution in [0.2, 0.25) is 0 Å². The first-order valence-corrected chi connectivity index (χ1v) is 8.66. The Morgan fingerprint density at radius 3 is 2.45 bits per heavy atom. The van der Waals surface area contributed by atoms with E-state index in [9.17, 15) is 17.6 Å². The molecule has 150 valence electrons. The van der Waals surface area contributed by atoms with Gasteiger partial charge in [0, 0.05) is 12.3 Å². The van der Waals surface area contributed by atoms with E-state index in [4.69, 9.17) is 4.74 Å². The average molecular weight is 405 g/mol. The summed E-state index contributed by atoms with van der Waals surface area (Å²) in [6, 6.07) is 8.49. The number of pyridine rings is 1. The molecule has 0 saturated carbocycles. The molecule has 1 fully saturated rings. The molecule has 1 aliphatic rings. The second kappa shape index (κ2) is 7.63. The molecule has 1 aromatic carbocycles. The van der Waals surface area contributed by atoms with Gasteiger partial charge in [-0.05, 0) is 18.2 Å². The second-order valence-corrected chi connectivity index (χ2v) is 6.41. The molecule has 10 heteroatoms. The Kier molecular flexibility index (Phi) is 5.01. The fourth-order valence-electron chi connectivity index (χ4n) is 2.69. The molecule has 0 amide bonds. The normalized spacial score (nSPS) is 14.3. The predicted octanol–water partition coefficient (Wildman–Crippen LogP) is 4.25. The minimum Gasteiger partial charge on any atom is -0.377 e. The van der Waals surface area contributed by atoms with Crippen LogP contribution in [0.5, 0.6) is 0 Å². The van der Waals surface area contributed by atoms with Crippen molar-refractivity contribution in [3.8, 4) is 11.4 Å². The maximum absolute atomic E-state index is 14.2. The van der Waals surface area contributed by atoms with Crippen LogP contribution in [0.3, 0.4) is 0 Å². The molecular formula is C19H15F4N5O. The molecule has 6 nitrogen and oxygen atoms in total. The van der Waals surface area contributed by atoms with Gasteiger partial charge < -0.3 is 15.4 Å². The van der Waals surface area contributed by atoms with Crippen LogP contribution in [-0.4, -0.2) is 34.2 Å². The van der Waals surface area contributed by atoms with Gasteiger partial charge in [0.1, 0.15) is 17.5 Å². The van der Waals surface area contributed by atoms with Crippen LogP contribution in [-0.2, 0) is 10.9 Å². The standard InChI is InChI=1S/C19H15F4N5O/c20-15-4-2-1-3-14(15)18-27-16(6-17(28-18)26-13-9-29-10-13)25-12-5-11(7-24-8-12)19(21,22)23/h1-8,13H,9-10H2,(H2,25,26,27,28). The van der Waals surface area contributed by atoms with Gasteiger partial charge in [-0.3, -0.25) is 4.98 Å². The van der Waals surface area contributed by atoms with Gasteiger partial charge in [-0.15, -0.1) is 0 Å². The minimum atomic E-state index is -4.52. The van der Waals surface area contributed by atoms with Crippen molar-refractivity contribution in [1.82, 2.24) is 15.0 Å². The van der Waals surface area contributed by atoms with Crippen molar-refractivity contribution < 1.29 is 22.3 Å². The predicted molar refractivity (Wildman–Crippen MR) is 98.2 cm³/mol. The fraction of sp³-hybridized carbons (Fsp3) is 0.211. The Morgan fingerprint density at radius 1 is 1.00 bits per heavy atom. The van der Waals surface area contributed by atoms with Gasteiger partial charge in [-0.25, -0.2) is 14.4 Å².